The lowest BCUT2D eigenvalue weighted by molar-refractivity contribution is 0.209. The third kappa shape index (κ3) is 2.60. The maximum Gasteiger partial charge on any atom is 0.0220 e. The zero-order valence-corrected chi connectivity index (χ0v) is 11.4. The minimum Gasteiger partial charge on any atom is -0.312 e. The van der Waals surface area contributed by atoms with Crippen molar-refractivity contribution >= 4 is 0 Å². The van der Waals surface area contributed by atoms with Gasteiger partial charge in [-0.1, -0.05) is 34.1 Å². The summed E-state index contributed by atoms with van der Waals surface area (Å²) in [7, 11) is 0. The zero-order chi connectivity index (χ0) is 11.8. The van der Waals surface area contributed by atoms with Crippen molar-refractivity contribution in [3.63, 3.8) is 0 Å². The van der Waals surface area contributed by atoms with Crippen molar-refractivity contribution in [1.82, 2.24) is 10.2 Å². The van der Waals surface area contributed by atoms with Gasteiger partial charge in [0.25, 0.3) is 0 Å². The minimum atomic E-state index is 0.588. The molecule has 1 heterocycles. The fourth-order valence-electron chi connectivity index (χ4n) is 2.99. The Morgan fingerprint density at radius 3 is 2.69 bits per heavy atom. The van der Waals surface area contributed by atoms with E-state index in [0.717, 1.165) is 12.0 Å². The van der Waals surface area contributed by atoms with E-state index < -0.39 is 0 Å². The average molecular weight is 224 g/mol. The van der Waals surface area contributed by atoms with Crippen LogP contribution in [0.15, 0.2) is 0 Å². The van der Waals surface area contributed by atoms with E-state index in [1.807, 2.05) is 0 Å². The van der Waals surface area contributed by atoms with Gasteiger partial charge in [0.2, 0.25) is 0 Å². The Balaban J connectivity index is 1.94. The molecule has 0 bridgehead atoms. The lowest BCUT2D eigenvalue weighted by Gasteiger charge is -2.29. The highest BCUT2D eigenvalue weighted by atomic mass is 15.2. The Morgan fingerprint density at radius 2 is 2.12 bits per heavy atom. The van der Waals surface area contributed by atoms with Gasteiger partial charge in [-0.25, -0.2) is 0 Å². The Kier molecular flexibility index (Phi) is 3.60. The maximum atomic E-state index is 3.73. The quantitative estimate of drug-likeness (QED) is 0.792. The van der Waals surface area contributed by atoms with E-state index in [4.69, 9.17) is 0 Å². The van der Waals surface area contributed by atoms with Crippen LogP contribution in [0.3, 0.4) is 0 Å². The highest BCUT2D eigenvalue weighted by Crippen LogP contribution is 2.48. The van der Waals surface area contributed by atoms with Crippen LogP contribution in [0.2, 0.25) is 0 Å². The van der Waals surface area contributed by atoms with Crippen LogP contribution < -0.4 is 5.32 Å². The number of nitrogens with one attached hydrogen (secondary N) is 1. The van der Waals surface area contributed by atoms with Crippen molar-refractivity contribution in [2.24, 2.45) is 11.3 Å². The normalized spacial score (nSPS) is 36.8. The van der Waals surface area contributed by atoms with Gasteiger partial charge in [0.1, 0.15) is 0 Å². The van der Waals surface area contributed by atoms with Crippen molar-refractivity contribution in [2.75, 3.05) is 19.6 Å². The summed E-state index contributed by atoms with van der Waals surface area (Å²) in [6, 6.07) is 1.57. The van der Waals surface area contributed by atoms with Crippen LogP contribution in [-0.2, 0) is 0 Å². The monoisotopic (exact) mass is 224 g/mol. The van der Waals surface area contributed by atoms with Crippen molar-refractivity contribution in [3.8, 4) is 0 Å². The summed E-state index contributed by atoms with van der Waals surface area (Å²) in [5.74, 6) is 0.808. The van der Waals surface area contributed by atoms with Crippen LogP contribution in [0, 0.1) is 11.3 Å². The summed E-state index contributed by atoms with van der Waals surface area (Å²) in [5, 5.41) is 3.73. The molecule has 0 aromatic heterocycles. The van der Waals surface area contributed by atoms with E-state index in [9.17, 15) is 0 Å². The Morgan fingerprint density at radius 1 is 1.44 bits per heavy atom. The second-order valence-corrected chi connectivity index (χ2v) is 6.50. The Bertz CT molecular complexity index is 237. The van der Waals surface area contributed by atoms with Crippen LogP contribution in [-0.4, -0.2) is 36.6 Å². The van der Waals surface area contributed by atoms with Crippen LogP contribution in [0.5, 0.6) is 0 Å². The minimum absolute atomic E-state index is 0.588. The van der Waals surface area contributed by atoms with E-state index in [1.165, 1.54) is 38.9 Å². The van der Waals surface area contributed by atoms with E-state index in [1.54, 1.807) is 0 Å². The molecule has 1 N–H and O–H groups in total. The van der Waals surface area contributed by atoms with Gasteiger partial charge in [-0.05, 0) is 37.3 Å². The van der Waals surface area contributed by atoms with Gasteiger partial charge >= 0.3 is 0 Å². The van der Waals surface area contributed by atoms with Gasteiger partial charge in [-0.2, -0.15) is 0 Å². The summed E-state index contributed by atoms with van der Waals surface area (Å²) >= 11 is 0. The van der Waals surface area contributed by atoms with Crippen molar-refractivity contribution in [1.29, 1.82) is 0 Å². The number of hydrogen-bond acceptors (Lipinski definition) is 2. The van der Waals surface area contributed by atoms with E-state index in [2.05, 4.69) is 37.9 Å². The molecule has 1 aliphatic heterocycles. The molecule has 2 aliphatic rings. The first kappa shape index (κ1) is 12.4. The first-order valence-electron chi connectivity index (χ1n) is 7.02. The van der Waals surface area contributed by atoms with Crippen molar-refractivity contribution in [2.45, 2.75) is 59.0 Å². The average Bonchev–Trinajstić information content (AvgIpc) is 2.93. The molecule has 2 rings (SSSR count). The molecule has 2 fully saturated rings. The molecule has 0 amide bonds. The summed E-state index contributed by atoms with van der Waals surface area (Å²) < 4.78 is 0. The Hall–Kier alpha value is -0.0800. The van der Waals surface area contributed by atoms with Crippen LogP contribution in [0.4, 0.5) is 0 Å². The molecule has 0 spiro atoms. The molecule has 0 aromatic carbocycles. The molecule has 0 radical (unpaired) electrons. The molecule has 94 valence electrons. The second-order valence-electron chi connectivity index (χ2n) is 6.50. The molecule has 1 saturated heterocycles. The molecule has 3 atom stereocenters. The molecule has 3 unspecified atom stereocenters. The molecule has 2 heteroatoms. The van der Waals surface area contributed by atoms with Crippen molar-refractivity contribution in [3.05, 3.63) is 0 Å². The van der Waals surface area contributed by atoms with Gasteiger partial charge in [-0.15, -0.1) is 0 Å². The lowest BCUT2D eigenvalue weighted by Crippen LogP contribution is -2.43. The SMILES string of the molecule is CCC(C)C1CN(C2CC2(C)C)CCCN1. The molecular formula is C14H28N2. The summed E-state index contributed by atoms with van der Waals surface area (Å²) in [4.78, 5) is 2.75. The number of hydrogen-bond donors (Lipinski definition) is 1. The summed E-state index contributed by atoms with van der Waals surface area (Å²) in [6.07, 6.45) is 4.01. The maximum absolute atomic E-state index is 3.73. The number of rotatable bonds is 3. The van der Waals surface area contributed by atoms with Crippen LogP contribution >= 0.6 is 0 Å². The van der Waals surface area contributed by atoms with Gasteiger partial charge in [-0.3, -0.25) is 4.90 Å². The van der Waals surface area contributed by atoms with E-state index >= 15 is 0 Å². The summed E-state index contributed by atoms with van der Waals surface area (Å²) in [5.41, 5.74) is 0.588. The third-order valence-electron chi connectivity index (χ3n) is 4.69. The van der Waals surface area contributed by atoms with Gasteiger partial charge < -0.3 is 5.32 Å². The van der Waals surface area contributed by atoms with Crippen molar-refractivity contribution < 1.29 is 0 Å². The highest BCUT2D eigenvalue weighted by Gasteiger charge is 2.49. The molecular weight excluding hydrogens is 196 g/mol. The fraction of sp³-hybridized carbons (Fsp3) is 1.00. The van der Waals surface area contributed by atoms with Gasteiger partial charge in [0.15, 0.2) is 0 Å². The topological polar surface area (TPSA) is 15.3 Å². The highest BCUT2D eigenvalue weighted by molar-refractivity contribution is 5.04. The van der Waals surface area contributed by atoms with Gasteiger partial charge in [0, 0.05) is 18.6 Å². The predicted octanol–water partition coefficient (Wildman–Crippen LogP) is 2.49. The fourth-order valence-corrected chi connectivity index (χ4v) is 2.99. The Labute approximate surface area is 101 Å². The van der Waals surface area contributed by atoms with E-state index in [0.29, 0.717) is 11.5 Å². The smallest absolute Gasteiger partial charge is 0.0220 e. The number of nitrogens with zero attached hydrogens (tertiary/aromatic N) is 1. The third-order valence-corrected chi connectivity index (χ3v) is 4.69. The second kappa shape index (κ2) is 4.66. The first-order chi connectivity index (χ1) is 7.54. The predicted molar refractivity (Wildman–Crippen MR) is 69.6 cm³/mol. The first-order valence-corrected chi connectivity index (χ1v) is 7.02. The molecule has 1 aliphatic carbocycles. The van der Waals surface area contributed by atoms with Crippen LogP contribution in [0.25, 0.3) is 0 Å². The molecule has 1 saturated carbocycles. The largest absolute Gasteiger partial charge is 0.312 e. The zero-order valence-electron chi connectivity index (χ0n) is 11.4. The molecule has 2 nitrogen and oxygen atoms in total. The van der Waals surface area contributed by atoms with Crippen LogP contribution in [0.1, 0.15) is 47.0 Å². The lowest BCUT2D eigenvalue weighted by atomic mass is 9.98. The van der Waals surface area contributed by atoms with Gasteiger partial charge in [0.05, 0.1) is 0 Å². The summed E-state index contributed by atoms with van der Waals surface area (Å²) in [6.45, 7) is 13.3. The van der Waals surface area contributed by atoms with E-state index in [-0.39, 0.29) is 0 Å². The molecule has 0 aromatic rings. The molecule has 16 heavy (non-hydrogen) atoms. The standard InChI is InChI=1S/C14H28N2/c1-5-11(2)12-10-16(8-6-7-15-12)13-9-14(13,3)4/h11-13,15H,5-10H2,1-4H3.